The quantitative estimate of drug-likeness (QED) is 0.203. The van der Waals surface area contributed by atoms with Gasteiger partial charge in [-0.05, 0) is 4.57 Å². The lowest BCUT2D eigenvalue weighted by Crippen LogP contribution is -2.22. The molecule has 0 rings (SSSR count). The van der Waals surface area contributed by atoms with Crippen molar-refractivity contribution in [1.29, 1.82) is 0 Å². The lowest BCUT2D eigenvalue weighted by Gasteiger charge is -1.93. The zero-order valence-corrected chi connectivity index (χ0v) is 7.45. The van der Waals surface area contributed by atoms with Crippen LogP contribution in [0, 0.1) is 5.92 Å². The summed E-state index contributed by atoms with van der Waals surface area (Å²) in [7, 11) is -3.21. The van der Waals surface area contributed by atoms with Gasteiger partial charge in [0.25, 0.3) is 5.78 Å². The van der Waals surface area contributed by atoms with Gasteiger partial charge >= 0.3 is 14.2 Å². The molecule has 0 N–H and O–H groups in total. The van der Waals surface area contributed by atoms with Crippen LogP contribution in [-0.2, 0) is 13.9 Å². The molecule has 0 aliphatic rings. The monoisotopic (exact) mass is 190 g/mol. The van der Waals surface area contributed by atoms with E-state index in [0.29, 0.717) is 0 Å². The van der Waals surface area contributed by atoms with Crippen molar-refractivity contribution in [3.63, 3.8) is 0 Å². The molecule has 0 spiro atoms. The molecule has 0 aliphatic carbocycles. The van der Waals surface area contributed by atoms with Crippen LogP contribution in [0.4, 0.5) is 0 Å². The van der Waals surface area contributed by atoms with E-state index in [0.717, 1.165) is 0 Å². The summed E-state index contributed by atoms with van der Waals surface area (Å²) in [5.74, 6) is -1.95. The molecule has 0 radical (unpaired) electrons. The molecular weight excluding hydrogens is 183 g/mol. The van der Waals surface area contributed by atoms with Gasteiger partial charge in [-0.1, -0.05) is 13.8 Å². The summed E-state index contributed by atoms with van der Waals surface area (Å²) in [6, 6.07) is 0. The molecule has 0 aliphatic heterocycles. The van der Waals surface area contributed by atoms with Crippen molar-refractivity contribution in [3.05, 3.63) is 5.53 Å². The highest BCUT2D eigenvalue weighted by Crippen LogP contribution is 2.10. The number of carbonyl (C=O) groups excluding carboxylic acids is 1. The van der Waals surface area contributed by atoms with Gasteiger partial charge < -0.3 is 10.4 Å². The first-order valence-electron chi connectivity index (χ1n) is 3.07. The van der Waals surface area contributed by atoms with E-state index in [1.807, 2.05) is 0 Å². The van der Waals surface area contributed by atoms with Gasteiger partial charge in [0, 0.05) is 5.92 Å². The van der Waals surface area contributed by atoms with Crippen LogP contribution in [0.5, 0.6) is 0 Å². The Bertz CT molecular complexity index is 256. The molecule has 6 nitrogen and oxygen atoms in total. The van der Waals surface area contributed by atoms with Gasteiger partial charge in [-0.15, -0.1) is 4.79 Å². The predicted molar refractivity (Wildman–Crippen MR) is 37.2 cm³/mol. The summed E-state index contributed by atoms with van der Waals surface area (Å²) in [5, 5.41) is 0. The Morgan fingerprint density at radius 3 is 2.42 bits per heavy atom. The predicted octanol–water partition coefficient (Wildman–Crippen LogP) is -0.126. The van der Waals surface area contributed by atoms with Crippen LogP contribution < -0.4 is 4.89 Å². The molecule has 0 amide bonds. The highest BCUT2D eigenvalue weighted by atomic mass is 31.1. The molecule has 12 heavy (non-hydrogen) atoms. The summed E-state index contributed by atoms with van der Waals surface area (Å²) in [6.45, 7) is 3.05. The topological polar surface area (TPSA) is 103 Å². The van der Waals surface area contributed by atoms with Crippen LogP contribution in [0.3, 0.4) is 0 Å². The minimum absolute atomic E-state index is 0.481. The second-order valence-electron chi connectivity index (χ2n) is 2.24. The molecule has 1 atom stereocenters. The molecule has 0 bridgehead atoms. The van der Waals surface area contributed by atoms with Gasteiger partial charge in [0.1, 0.15) is 0 Å². The van der Waals surface area contributed by atoms with Crippen LogP contribution in [0.1, 0.15) is 13.8 Å². The van der Waals surface area contributed by atoms with Crippen molar-refractivity contribution >= 4 is 19.9 Å². The normalized spacial score (nSPS) is 10.5. The highest BCUT2D eigenvalue weighted by molar-refractivity contribution is 7.31. The van der Waals surface area contributed by atoms with Crippen LogP contribution in [0.15, 0.2) is 0 Å². The third-order valence-corrected chi connectivity index (χ3v) is 1.31. The molecule has 0 aromatic carbocycles. The SMILES string of the molecule is CC(C)C(=O)C(=[N+]=[N-])O[P+](=O)[O-]. The van der Waals surface area contributed by atoms with Crippen LogP contribution in [0.2, 0.25) is 0 Å². The molecule has 66 valence electrons. The molecule has 0 saturated heterocycles. The zero-order chi connectivity index (χ0) is 9.72. The number of ketones is 1. The van der Waals surface area contributed by atoms with Gasteiger partial charge in [-0.25, -0.2) is 0 Å². The number of nitrogens with zero attached hydrogens (tertiary/aromatic N) is 2. The van der Waals surface area contributed by atoms with Crippen molar-refractivity contribution in [2.24, 2.45) is 5.92 Å². The smallest absolute Gasteiger partial charge is 0.558 e. The minimum Gasteiger partial charge on any atom is -0.558 e. The van der Waals surface area contributed by atoms with Gasteiger partial charge in [0.2, 0.25) is 0 Å². The summed E-state index contributed by atoms with van der Waals surface area (Å²) < 4.78 is 13.9. The Morgan fingerprint density at radius 1 is 1.67 bits per heavy atom. The van der Waals surface area contributed by atoms with Crippen molar-refractivity contribution in [3.8, 4) is 0 Å². The molecule has 1 unspecified atom stereocenters. The fourth-order valence-electron chi connectivity index (χ4n) is 0.430. The second-order valence-corrected chi connectivity index (χ2v) is 2.87. The van der Waals surface area contributed by atoms with E-state index in [2.05, 4.69) is 9.31 Å². The maximum atomic E-state index is 10.9. The number of carbonyl (C=O) groups is 1. The van der Waals surface area contributed by atoms with Crippen LogP contribution >= 0.6 is 8.25 Å². The maximum absolute atomic E-state index is 10.9. The van der Waals surface area contributed by atoms with E-state index in [-0.39, 0.29) is 0 Å². The lowest BCUT2D eigenvalue weighted by molar-refractivity contribution is -0.183. The fourth-order valence-corrected chi connectivity index (χ4v) is 0.698. The van der Waals surface area contributed by atoms with E-state index in [9.17, 15) is 14.3 Å². The largest absolute Gasteiger partial charge is 0.564 e. The van der Waals surface area contributed by atoms with Gasteiger partial charge in [-0.3, -0.25) is 4.79 Å². The minimum atomic E-state index is -3.21. The van der Waals surface area contributed by atoms with Gasteiger partial charge in [0.05, 0.1) is 0 Å². The molecule has 0 aromatic rings. The van der Waals surface area contributed by atoms with Gasteiger partial charge in [0.15, 0.2) is 0 Å². The van der Waals surface area contributed by atoms with E-state index >= 15 is 0 Å². The van der Waals surface area contributed by atoms with E-state index < -0.39 is 25.9 Å². The van der Waals surface area contributed by atoms with E-state index in [4.69, 9.17) is 5.53 Å². The Balaban J connectivity index is 4.49. The highest BCUT2D eigenvalue weighted by Gasteiger charge is 2.31. The Labute approximate surface area is 69.7 Å². The summed E-state index contributed by atoms with van der Waals surface area (Å²) >= 11 is 0. The third-order valence-electron chi connectivity index (χ3n) is 0.987. The zero-order valence-electron chi connectivity index (χ0n) is 6.55. The first-order chi connectivity index (χ1) is 5.49. The van der Waals surface area contributed by atoms with Crippen LogP contribution in [0.25, 0.3) is 5.53 Å². The fraction of sp³-hybridized carbons (Fsp3) is 0.600. The number of hydrogen-bond acceptors (Lipinski definition) is 4. The van der Waals surface area contributed by atoms with Crippen LogP contribution in [-0.4, -0.2) is 16.5 Å². The molecule has 0 aromatic heterocycles. The lowest BCUT2D eigenvalue weighted by atomic mass is 10.1. The van der Waals surface area contributed by atoms with E-state index in [1.54, 1.807) is 0 Å². The molecular formula is C5H7N2O4P. The Morgan fingerprint density at radius 2 is 2.17 bits per heavy atom. The van der Waals surface area contributed by atoms with E-state index in [1.165, 1.54) is 13.8 Å². The summed E-state index contributed by atoms with van der Waals surface area (Å²) in [5.41, 5.74) is 8.17. The van der Waals surface area contributed by atoms with Gasteiger partial charge in [-0.2, -0.15) is 4.52 Å². The second kappa shape index (κ2) is 4.72. The average molecular weight is 190 g/mol. The maximum Gasteiger partial charge on any atom is 0.564 e. The first kappa shape index (κ1) is 10.9. The first-order valence-corrected chi connectivity index (χ1v) is 4.17. The number of rotatable bonds is 3. The average Bonchev–Trinajstić information content (AvgIpc) is 1.98. The molecule has 0 heterocycles. The van der Waals surface area contributed by atoms with Crippen molar-refractivity contribution < 1.29 is 23.6 Å². The number of Topliss-reactive ketones (excluding diaryl/α,β-unsaturated/α-hetero) is 1. The number of hydrogen-bond donors (Lipinski definition) is 0. The summed E-state index contributed by atoms with van der Waals surface area (Å²) in [4.78, 5) is 23.3. The third kappa shape index (κ3) is 3.34. The Kier molecular flexibility index (Phi) is 4.29. The Hall–Kier alpha value is -1.09. The van der Waals surface area contributed by atoms with Crippen molar-refractivity contribution in [1.82, 2.24) is 0 Å². The van der Waals surface area contributed by atoms with Crippen molar-refractivity contribution in [2.45, 2.75) is 13.8 Å². The molecule has 0 fully saturated rings. The standard InChI is InChI=1S/C5H7N2O4P/c1-3(2)4(8)5(7-6)11-12(9)10/h3H,1-2H3. The molecule has 7 heteroatoms. The van der Waals surface area contributed by atoms with Crippen molar-refractivity contribution in [2.75, 3.05) is 0 Å². The summed E-state index contributed by atoms with van der Waals surface area (Å²) in [6.07, 6.45) is 0. The molecule has 0 saturated carbocycles.